The smallest absolute Gasteiger partial charge is 0.237 e. The summed E-state index contributed by atoms with van der Waals surface area (Å²) in [6.07, 6.45) is 0.0866. The Morgan fingerprint density at radius 1 is 1.17 bits per heavy atom. The number of hydrogen-bond donors (Lipinski definition) is 1. The molecule has 4 nitrogen and oxygen atoms in total. The third-order valence-electron chi connectivity index (χ3n) is 4.88. The van der Waals surface area contributed by atoms with Gasteiger partial charge in [-0.25, -0.2) is 0 Å². The van der Waals surface area contributed by atoms with Crippen molar-refractivity contribution in [1.82, 2.24) is 0 Å². The Kier molecular flexibility index (Phi) is 4.01. The molecule has 2 aromatic rings. The van der Waals surface area contributed by atoms with E-state index in [-0.39, 0.29) is 24.7 Å². The number of aryl methyl sites for hydroxylation is 1. The molecule has 0 saturated heterocycles. The van der Waals surface area contributed by atoms with Gasteiger partial charge >= 0.3 is 0 Å². The van der Waals surface area contributed by atoms with Gasteiger partial charge in [0.15, 0.2) is 5.78 Å². The quantitative estimate of drug-likeness (QED) is 0.880. The standard InChI is InChI=1S/C20H21NO3/c1-13-7-9-14(10-8-13)17(23)11-20(2)18-15(12-22)5-4-6-16(18)21(3)19(20)24/h4-10,22H,11-12H2,1-3H3. The molecule has 124 valence electrons. The van der Waals surface area contributed by atoms with E-state index in [4.69, 9.17) is 0 Å². The second-order valence-corrected chi connectivity index (χ2v) is 6.63. The van der Waals surface area contributed by atoms with Crippen molar-refractivity contribution >= 4 is 17.4 Å². The monoisotopic (exact) mass is 323 g/mol. The predicted molar refractivity (Wildman–Crippen MR) is 93.3 cm³/mol. The number of ketones is 1. The number of benzene rings is 2. The van der Waals surface area contributed by atoms with Crippen molar-refractivity contribution in [3.63, 3.8) is 0 Å². The molecule has 1 aliphatic heterocycles. The molecular formula is C20H21NO3. The zero-order valence-corrected chi connectivity index (χ0v) is 14.2. The van der Waals surface area contributed by atoms with E-state index in [9.17, 15) is 14.7 Å². The summed E-state index contributed by atoms with van der Waals surface area (Å²) in [5.74, 6) is -0.182. The van der Waals surface area contributed by atoms with E-state index in [1.54, 1.807) is 37.1 Å². The fraction of sp³-hybridized carbons (Fsp3) is 0.300. The fourth-order valence-electron chi connectivity index (χ4n) is 3.55. The number of nitrogens with zero attached hydrogens (tertiary/aromatic N) is 1. The number of Topliss-reactive ketones (excluding diaryl/α,β-unsaturated/α-hetero) is 1. The van der Waals surface area contributed by atoms with Gasteiger partial charge in [-0.1, -0.05) is 42.0 Å². The van der Waals surface area contributed by atoms with Crippen LogP contribution in [0.2, 0.25) is 0 Å². The van der Waals surface area contributed by atoms with Crippen molar-refractivity contribution in [2.75, 3.05) is 11.9 Å². The van der Waals surface area contributed by atoms with Crippen LogP contribution in [0.4, 0.5) is 5.69 Å². The van der Waals surface area contributed by atoms with Crippen molar-refractivity contribution < 1.29 is 14.7 Å². The molecule has 24 heavy (non-hydrogen) atoms. The molecule has 1 aliphatic rings. The van der Waals surface area contributed by atoms with Crippen molar-refractivity contribution in [2.24, 2.45) is 0 Å². The van der Waals surface area contributed by atoms with Crippen molar-refractivity contribution in [1.29, 1.82) is 0 Å². The first-order chi connectivity index (χ1) is 11.4. The van der Waals surface area contributed by atoms with Gasteiger partial charge in [-0.05, 0) is 31.0 Å². The minimum atomic E-state index is -0.953. The summed E-state index contributed by atoms with van der Waals surface area (Å²) < 4.78 is 0. The summed E-state index contributed by atoms with van der Waals surface area (Å²) in [7, 11) is 1.71. The van der Waals surface area contributed by atoms with Gasteiger partial charge in [0, 0.05) is 24.7 Å². The number of likely N-dealkylation sites (N-methyl/N-ethyl adjacent to an activating group) is 1. The molecule has 1 atom stereocenters. The van der Waals surface area contributed by atoms with Gasteiger partial charge in [0.05, 0.1) is 12.0 Å². The second-order valence-electron chi connectivity index (χ2n) is 6.63. The van der Waals surface area contributed by atoms with Crippen molar-refractivity contribution in [3.8, 4) is 0 Å². The lowest BCUT2D eigenvalue weighted by Crippen LogP contribution is -2.38. The first-order valence-electron chi connectivity index (χ1n) is 7.99. The Bertz CT molecular complexity index is 810. The van der Waals surface area contributed by atoms with Crippen LogP contribution in [-0.4, -0.2) is 23.8 Å². The molecule has 0 aromatic heterocycles. The molecule has 4 heteroatoms. The van der Waals surface area contributed by atoms with Crippen LogP contribution < -0.4 is 4.90 Å². The summed E-state index contributed by atoms with van der Waals surface area (Å²) in [5.41, 5.74) is 2.97. The van der Waals surface area contributed by atoms with Gasteiger partial charge in [-0.3, -0.25) is 9.59 Å². The highest BCUT2D eigenvalue weighted by Crippen LogP contribution is 2.45. The lowest BCUT2D eigenvalue weighted by Gasteiger charge is -2.24. The van der Waals surface area contributed by atoms with Crippen LogP contribution in [0.1, 0.15) is 40.4 Å². The SMILES string of the molecule is Cc1ccc(C(=O)CC2(C)C(=O)N(C)c3cccc(CO)c32)cc1. The lowest BCUT2D eigenvalue weighted by molar-refractivity contribution is -0.122. The topological polar surface area (TPSA) is 57.6 Å². The van der Waals surface area contributed by atoms with Gasteiger partial charge in [0.1, 0.15) is 0 Å². The molecule has 2 aromatic carbocycles. The van der Waals surface area contributed by atoms with Gasteiger partial charge < -0.3 is 10.0 Å². The number of carbonyl (C=O) groups excluding carboxylic acids is 2. The van der Waals surface area contributed by atoms with E-state index in [0.717, 1.165) is 16.8 Å². The van der Waals surface area contributed by atoms with Gasteiger partial charge in [0.25, 0.3) is 0 Å². The Hall–Kier alpha value is -2.46. The maximum absolute atomic E-state index is 12.9. The Labute approximate surface area is 141 Å². The summed E-state index contributed by atoms with van der Waals surface area (Å²) in [6, 6.07) is 12.9. The number of rotatable bonds is 4. The maximum atomic E-state index is 12.9. The van der Waals surface area contributed by atoms with Crippen LogP contribution in [0.3, 0.4) is 0 Å². The van der Waals surface area contributed by atoms with Crippen LogP contribution in [0.5, 0.6) is 0 Å². The van der Waals surface area contributed by atoms with Crippen LogP contribution >= 0.6 is 0 Å². The Morgan fingerprint density at radius 2 is 1.83 bits per heavy atom. The summed E-state index contributed by atoms with van der Waals surface area (Å²) >= 11 is 0. The molecule has 1 unspecified atom stereocenters. The molecule has 1 amide bonds. The van der Waals surface area contributed by atoms with E-state index < -0.39 is 5.41 Å². The molecule has 0 saturated carbocycles. The van der Waals surface area contributed by atoms with E-state index >= 15 is 0 Å². The average Bonchev–Trinajstić information content (AvgIpc) is 2.77. The summed E-state index contributed by atoms with van der Waals surface area (Å²) in [5, 5.41) is 9.67. The van der Waals surface area contributed by atoms with E-state index in [2.05, 4.69) is 0 Å². The highest BCUT2D eigenvalue weighted by atomic mass is 16.3. The Balaban J connectivity index is 2.03. The van der Waals surface area contributed by atoms with Crippen LogP contribution in [0, 0.1) is 6.92 Å². The average molecular weight is 323 g/mol. The predicted octanol–water partition coefficient (Wildman–Crippen LogP) is 2.99. The Morgan fingerprint density at radius 3 is 2.46 bits per heavy atom. The van der Waals surface area contributed by atoms with Crippen molar-refractivity contribution in [3.05, 3.63) is 64.7 Å². The molecular weight excluding hydrogens is 302 g/mol. The number of anilines is 1. The number of hydrogen-bond acceptors (Lipinski definition) is 3. The lowest BCUT2D eigenvalue weighted by atomic mass is 9.76. The molecule has 0 aliphatic carbocycles. The molecule has 0 fully saturated rings. The van der Waals surface area contributed by atoms with Crippen LogP contribution in [0.15, 0.2) is 42.5 Å². The van der Waals surface area contributed by atoms with E-state index in [1.807, 2.05) is 31.2 Å². The first-order valence-corrected chi connectivity index (χ1v) is 7.99. The summed E-state index contributed by atoms with van der Waals surface area (Å²) in [6.45, 7) is 3.61. The molecule has 0 spiro atoms. The third kappa shape index (κ3) is 2.43. The largest absolute Gasteiger partial charge is 0.392 e. The van der Waals surface area contributed by atoms with Crippen LogP contribution in [-0.2, 0) is 16.8 Å². The van der Waals surface area contributed by atoms with Gasteiger partial charge in [-0.2, -0.15) is 0 Å². The summed E-state index contributed by atoms with van der Waals surface area (Å²) in [4.78, 5) is 27.2. The fourth-order valence-corrected chi connectivity index (χ4v) is 3.55. The number of aliphatic hydroxyl groups excluding tert-OH is 1. The van der Waals surface area contributed by atoms with Gasteiger partial charge in [0.2, 0.25) is 5.91 Å². The highest BCUT2D eigenvalue weighted by molar-refractivity contribution is 6.11. The number of amides is 1. The molecule has 1 heterocycles. The number of carbonyl (C=O) groups is 2. The second kappa shape index (κ2) is 5.87. The van der Waals surface area contributed by atoms with E-state index in [0.29, 0.717) is 11.1 Å². The van der Waals surface area contributed by atoms with Crippen molar-refractivity contribution in [2.45, 2.75) is 32.3 Å². The van der Waals surface area contributed by atoms with Gasteiger partial charge in [-0.15, -0.1) is 0 Å². The third-order valence-corrected chi connectivity index (χ3v) is 4.88. The number of aliphatic hydroxyl groups is 1. The molecule has 0 bridgehead atoms. The zero-order chi connectivity index (χ0) is 17.5. The zero-order valence-electron chi connectivity index (χ0n) is 14.2. The normalized spacial score (nSPS) is 19.5. The first kappa shape index (κ1) is 16.4. The highest BCUT2D eigenvalue weighted by Gasteiger charge is 2.48. The number of fused-ring (bicyclic) bond motifs is 1. The van der Waals surface area contributed by atoms with Crippen LogP contribution in [0.25, 0.3) is 0 Å². The maximum Gasteiger partial charge on any atom is 0.237 e. The molecule has 0 radical (unpaired) electrons. The minimum absolute atomic E-state index is 0.0696. The van der Waals surface area contributed by atoms with E-state index in [1.165, 1.54) is 0 Å². The molecule has 1 N–H and O–H groups in total. The molecule has 3 rings (SSSR count). The minimum Gasteiger partial charge on any atom is -0.392 e.